The fraction of sp³-hybridized carbons (Fsp3) is 0.400. The van der Waals surface area contributed by atoms with Gasteiger partial charge in [-0.3, -0.25) is 9.97 Å². The van der Waals surface area contributed by atoms with Crippen molar-refractivity contribution in [1.29, 1.82) is 0 Å². The minimum atomic E-state index is -2.90. The summed E-state index contributed by atoms with van der Waals surface area (Å²) in [7, 11) is 2.14. The minimum absolute atomic E-state index is 0.181. The van der Waals surface area contributed by atoms with Crippen LogP contribution in [0.2, 0.25) is 0 Å². The van der Waals surface area contributed by atoms with Crippen LogP contribution >= 0.6 is 0 Å². The van der Waals surface area contributed by atoms with Crippen LogP contribution in [0.25, 0.3) is 10.9 Å². The van der Waals surface area contributed by atoms with Crippen molar-refractivity contribution in [3.63, 3.8) is 0 Å². The van der Waals surface area contributed by atoms with Crippen molar-refractivity contribution >= 4 is 10.9 Å². The van der Waals surface area contributed by atoms with Gasteiger partial charge in [-0.15, -0.1) is 0 Å². The molecule has 0 amide bonds. The maximum Gasteiger partial charge on any atom is 0.286 e. The van der Waals surface area contributed by atoms with Crippen molar-refractivity contribution in [2.45, 2.75) is 38.8 Å². The Morgan fingerprint density at radius 1 is 1.19 bits per heavy atom. The Bertz CT molecular complexity index is 925. The maximum absolute atomic E-state index is 13.3. The van der Waals surface area contributed by atoms with Crippen LogP contribution in [0.4, 0.5) is 8.78 Å². The minimum Gasteiger partial charge on any atom is -0.344 e. The van der Waals surface area contributed by atoms with E-state index in [2.05, 4.69) is 32.5 Å². The summed E-state index contributed by atoms with van der Waals surface area (Å²) >= 11 is 0. The number of hydrogen-bond donors (Lipinski definition) is 0. The number of rotatable bonds is 4. The monoisotopic (exact) mass is 356 g/mol. The fourth-order valence-corrected chi connectivity index (χ4v) is 3.76. The van der Waals surface area contributed by atoms with Crippen molar-refractivity contribution in [2.75, 3.05) is 13.6 Å². The third kappa shape index (κ3) is 3.09. The standard InChI is InChI=1S/C20H22F2N4/c1-20(21,22)19-4-3-14(11-24-19)6-10-26-17-5-8-23-12-15(17)16-13-25(2)9-7-18(16)26/h3-5,8,11-12H,6-7,9-10,13H2,1-2H3. The summed E-state index contributed by atoms with van der Waals surface area (Å²) in [5, 5.41) is 1.22. The summed E-state index contributed by atoms with van der Waals surface area (Å²) < 4.78 is 29.0. The molecule has 1 aliphatic rings. The first-order valence-electron chi connectivity index (χ1n) is 8.89. The van der Waals surface area contributed by atoms with Gasteiger partial charge in [0, 0.05) is 62.6 Å². The smallest absolute Gasteiger partial charge is 0.286 e. The fourth-order valence-electron chi connectivity index (χ4n) is 3.76. The largest absolute Gasteiger partial charge is 0.344 e. The Hall–Kier alpha value is -2.34. The second-order valence-corrected chi connectivity index (χ2v) is 7.15. The van der Waals surface area contributed by atoms with Gasteiger partial charge in [0.15, 0.2) is 0 Å². The summed E-state index contributed by atoms with van der Waals surface area (Å²) in [5.74, 6) is -2.90. The molecule has 0 aliphatic carbocycles. The molecule has 0 N–H and O–H groups in total. The average Bonchev–Trinajstić information content (AvgIpc) is 2.93. The van der Waals surface area contributed by atoms with Gasteiger partial charge >= 0.3 is 0 Å². The number of hydrogen-bond acceptors (Lipinski definition) is 3. The molecule has 0 saturated heterocycles. The molecule has 0 fully saturated rings. The van der Waals surface area contributed by atoms with Crippen LogP contribution in [0.3, 0.4) is 0 Å². The van der Waals surface area contributed by atoms with Gasteiger partial charge in [0.1, 0.15) is 5.69 Å². The van der Waals surface area contributed by atoms with Crippen LogP contribution in [-0.2, 0) is 31.9 Å². The quantitative estimate of drug-likeness (QED) is 0.714. The molecule has 26 heavy (non-hydrogen) atoms. The topological polar surface area (TPSA) is 34.0 Å². The van der Waals surface area contributed by atoms with E-state index in [0.717, 1.165) is 45.0 Å². The first-order valence-corrected chi connectivity index (χ1v) is 8.89. The highest BCUT2D eigenvalue weighted by molar-refractivity contribution is 5.84. The zero-order chi connectivity index (χ0) is 18.3. The number of alkyl halides is 2. The van der Waals surface area contributed by atoms with E-state index in [1.807, 2.05) is 12.4 Å². The molecular weight excluding hydrogens is 334 g/mol. The highest BCUT2D eigenvalue weighted by atomic mass is 19.3. The number of halogens is 2. The Kier molecular flexibility index (Phi) is 4.23. The summed E-state index contributed by atoms with van der Waals surface area (Å²) in [6.45, 7) is 3.66. The summed E-state index contributed by atoms with van der Waals surface area (Å²) in [5.41, 5.74) is 4.72. The number of likely N-dealkylation sites (N-methyl/N-ethyl adjacent to an activating group) is 1. The molecule has 3 aromatic rings. The number of aryl methyl sites for hydroxylation is 2. The van der Waals surface area contributed by atoms with Crippen molar-refractivity contribution in [1.82, 2.24) is 19.4 Å². The third-order valence-corrected chi connectivity index (χ3v) is 5.15. The summed E-state index contributed by atoms with van der Waals surface area (Å²) in [4.78, 5) is 10.6. The molecule has 0 saturated carbocycles. The van der Waals surface area contributed by atoms with Crippen LogP contribution in [0.5, 0.6) is 0 Å². The molecule has 0 spiro atoms. The second kappa shape index (κ2) is 6.43. The number of aromatic nitrogens is 3. The molecule has 0 aromatic carbocycles. The number of pyridine rings is 2. The molecular formula is C20H22F2N4. The SMILES string of the molecule is CN1CCc2c(c3cnccc3n2CCc2ccc(C(C)(F)F)nc2)C1. The molecule has 3 aromatic heterocycles. The Balaban J connectivity index is 1.62. The molecule has 4 rings (SSSR count). The third-order valence-electron chi connectivity index (χ3n) is 5.15. The van der Waals surface area contributed by atoms with E-state index in [9.17, 15) is 8.78 Å². The van der Waals surface area contributed by atoms with Crippen molar-refractivity contribution in [3.05, 3.63) is 59.3 Å². The molecule has 0 bridgehead atoms. The van der Waals surface area contributed by atoms with E-state index in [1.54, 1.807) is 12.3 Å². The lowest BCUT2D eigenvalue weighted by Gasteiger charge is -2.24. The van der Waals surface area contributed by atoms with Gasteiger partial charge in [-0.05, 0) is 36.7 Å². The van der Waals surface area contributed by atoms with Gasteiger partial charge in [-0.2, -0.15) is 8.78 Å². The Morgan fingerprint density at radius 3 is 2.77 bits per heavy atom. The van der Waals surface area contributed by atoms with Gasteiger partial charge in [-0.25, -0.2) is 0 Å². The molecule has 6 heteroatoms. The Morgan fingerprint density at radius 2 is 2.04 bits per heavy atom. The highest BCUT2D eigenvalue weighted by Gasteiger charge is 2.26. The van der Waals surface area contributed by atoms with Gasteiger partial charge in [0.25, 0.3) is 5.92 Å². The van der Waals surface area contributed by atoms with Crippen LogP contribution < -0.4 is 0 Å². The van der Waals surface area contributed by atoms with Crippen LogP contribution in [0, 0.1) is 0 Å². The van der Waals surface area contributed by atoms with Gasteiger partial charge in [0.05, 0.1) is 5.52 Å². The van der Waals surface area contributed by atoms with E-state index < -0.39 is 5.92 Å². The first kappa shape index (κ1) is 17.1. The lowest BCUT2D eigenvalue weighted by Crippen LogP contribution is -2.27. The van der Waals surface area contributed by atoms with Crippen LogP contribution in [-0.4, -0.2) is 33.0 Å². The van der Waals surface area contributed by atoms with E-state index >= 15 is 0 Å². The number of fused-ring (bicyclic) bond motifs is 3. The first-order chi connectivity index (χ1) is 12.4. The molecule has 0 atom stereocenters. The molecule has 4 nitrogen and oxygen atoms in total. The van der Waals surface area contributed by atoms with E-state index in [1.165, 1.54) is 28.2 Å². The lowest BCUT2D eigenvalue weighted by atomic mass is 10.1. The zero-order valence-corrected chi connectivity index (χ0v) is 15.0. The van der Waals surface area contributed by atoms with E-state index in [4.69, 9.17) is 0 Å². The Labute approximate surface area is 151 Å². The van der Waals surface area contributed by atoms with Crippen molar-refractivity contribution < 1.29 is 8.78 Å². The van der Waals surface area contributed by atoms with Gasteiger partial charge < -0.3 is 9.47 Å². The molecule has 0 unspecified atom stereocenters. The molecule has 1 aliphatic heterocycles. The van der Waals surface area contributed by atoms with E-state index in [0.29, 0.717) is 0 Å². The average molecular weight is 356 g/mol. The number of nitrogens with zero attached hydrogens (tertiary/aromatic N) is 4. The van der Waals surface area contributed by atoms with Crippen LogP contribution in [0.15, 0.2) is 36.8 Å². The van der Waals surface area contributed by atoms with Gasteiger partial charge in [0.2, 0.25) is 0 Å². The predicted octanol–water partition coefficient (Wildman–Crippen LogP) is 3.77. The predicted molar refractivity (Wildman–Crippen MR) is 97.3 cm³/mol. The summed E-state index contributed by atoms with van der Waals surface area (Å²) in [6, 6.07) is 5.25. The highest BCUT2D eigenvalue weighted by Crippen LogP contribution is 2.30. The second-order valence-electron chi connectivity index (χ2n) is 7.15. The normalized spacial score (nSPS) is 15.4. The maximum atomic E-state index is 13.3. The molecule has 136 valence electrons. The lowest BCUT2D eigenvalue weighted by molar-refractivity contribution is 0.0127. The van der Waals surface area contributed by atoms with Crippen LogP contribution in [0.1, 0.15) is 29.4 Å². The van der Waals surface area contributed by atoms with Crippen molar-refractivity contribution in [3.8, 4) is 0 Å². The molecule has 0 radical (unpaired) electrons. The zero-order valence-electron chi connectivity index (χ0n) is 15.0. The molecule has 4 heterocycles. The van der Waals surface area contributed by atoms with Gasteiger partial charge in [-0.1, -0.05) is 6.07 Å². The summed E-state index contributed by atoms with van der Waals surface area (Å²) in [6.07, 6.45) is 7.12. The van der Waals surface area contributed by atoms with Crippen molar-refractivity contribution in [2.24, 2.45) is 0 Å². The van der Waals surface area contributed by atoms with E-state index in [-0.39, 0.29) is 5.69 Å².